The number of alkyl halides is 1. The van der Waals surface area contributed by atoms with Crippen LogP contribution in [0.25, 0.3) is 0 Å². The topological polar surface area (TPSA) is 82.5 Å². The normalized spacial score (nSPS) is 25.6. The highest BCUT2D eigenvalue weighted by atomic mass is 32.2. The standard InChI is InChI=1S/C15H22FN3O3S/c16-15(11-20)6-1-7-19(10-15)14-5-4-13(9-17-14)23(21,22)18-8-12-2-3-12/h4-5,9,12,18,20H,1-3,6-8,10-11H2. The summed E-state index contributed by atoms with van der Waals surface area (Å²) in [5.41, 5.74) is -1.61. The number of rotatable bonds is 6. The molecule has 6 nitrogen and oxygen atoms in total. The number of anilines is 1. The predicted octanol–water partition coefficient (Wildman–Crippen LogP) is 1.07. The van der Waals surface area contributed by atoms with Gasteiger partial charge in [-0.1, -0.05) is 0 Å². The fraction of sp³-hybridized carbons (Fsp3) is 0.667. The van der Waals surface area contributed by atoms with Gasteiger partial charge in [0.25, 0.3) is 0 Å². The molecule has 1 saturated heterocycles. The Bertz CT molecular complexity index is 648. The van der Waals surface area contributed by atoms with Gasteiger partial charge < -0.3 is 10.0 Å². The molecule has 23 heavy (non-hydrogen) atoms. The van der Waals surface area contributed by atoms with Crippen molar-refractivity contribution in [2.45, 2.75) is 36.2 Å². The number of nitrogens with zero attached hydrogens (tertiary/aromatic N) is 2. The molecule has 1 atom stereocenters. The Morgan fingerprint density at radius 3 is 2.83 bits per heavy atom. The third-order valence-corrected chi connectivity index (χ3v) is 5.83. The molecule has 2 heterocycles. The summed E-state index contributed by atoms with van der Waals surface area (Å²) in [6, 6.07) is 3.08. The molecule has 0 amide bonds. The molecule has 1 aliphatic carbocycles. The van der Waals surface area contributed by atoms with E-state index >= 15 is 0 Å². The second-order valence-corrected chi connectivity index (χ2v) is 8.25. The van der Waals surface area contributed by atoms with Crippen molar-refractivity contribution in [3.8, 4) is 0 Å². The van der Waals surface area contributed by atoms with Crippen LogP contribution in [0.5, 0.6) is 0 Å². The van der Waals surface area contributed by atoms with E-state index in [1.165, 1.54) is 12.3 Å². The first kappa shape index (κ1) is 16.6. The second kappa shape index (κ2) is 6.33. The molecule has 8 heteroatoms. The van der Waals surface area contributed by atoms with E-state index in [9.17, 15) is 12.8 Å². The Kier molecular flexibility index (Phi) is 4.57. The Morgan fingerprint density at radius 2 is 2.22 bits per heavy atom. The smallest absolute Gasteiger partial charge is 0.242 e. The minimum atomic E-state index is -3.54. The predicted molar refractivity (Wildman–Crippen MR) is 84.5 cm³/mol. The highest BCUT2D eigenvalue weighted by molar-refractivity contribution is 7.89. The number of sulfonamides is 1. The average Bonchev–Trinajstić information content (AvgIpc) is 3.38. The molecule has 128 valence electrons. The number of hydrogen-bond donors (Lipinski definition) is 2. The van der Waals surface area contributed by atoms with Gasteiger partial charge in [-0.25, -0.2) is 22.5 Å². The summed E-state index contributed by atoms with van der Waals surface area (Å²) in [7, 11) is -3.54. The number of aliphatic hydroxyl groups is 1. The molecule has 2 N–H and O–H groups in total. The van der Waals surface area contributed by atoms with Crippen molar-refractivity contribution in [1.82, 2.24) is 9.71 Å². The maximum Gasteiger partial charge on any atom is 0.242 e. The summed E-state index contributed by atoms with van der Waals surface area (Å²) in [6.07, 6.45) is 4.41. The first-order valence-corrected chi connectivity index (χ1v) is 9.41. The van der Waals surface area contributed by atoms with E-state index in [4.69, 9.17) is 5.11 Å². The van der Waals surface area contributed by atoms with Crippen molar-refractivity contribution in [1.29, 1.82) is 0 Å². The maximum absolute atomic E-state index is 14.3. The fourth-order valence-electron chi connectivity index (χ4n) is 2.76. The van der Waals surface area contributed by atoms with Crippen molar-refractivity contribution in [2.24, 2.45) is 5.92 Å². The Hall–Kier alpha value is -1.25. The van der Waals surface area contributed by atoms with E-state index < -0.39 is 22.3 Å². The molecule has 0 aromatic carbocycles. The number of halogens is 1. The van der Waals surface area contributed by atoms with Crippen LogP contribution in [-0.2, 0) is 10.0 Å². The van der Waals surface area contributed by atoms with Gasteiger partial charge >= 0.3 is 0 Å². The van der Waals surface area contributed by atoms with Gasteiger partial charge in [-0.15, -0.1) is 0 Å². The molecule has 2 aliphatic rings. The summed E-state index contributed by atoms with van der Waals surface area (Å²) < 4.78 is 41.1. The fourth-order valence-corrected chi connectivity index (χ4v) is 3.82. The highest BCUT2D eigenvalue weighted by Gasteiger charge is 2.35. The molecular formula is C15H22FN3O3S. The largest absolute Gasteiger partial charge is 0.393 e. The molecule has 0 bridgehead atoms. The van der Waals surface area contributed by atoms with Gasteiger partial charge in [0, 0.05) is 19.3 Å². The molecule has 1 saturated carbocycles. The maximum atomic E-state index is 14.3. The SMILES string of the molecule is O=S(=O)(NCC1CC1)c1ccc(N2CCCC(F)(CO)C2)nc1. The molecule has 1 aromatic heterocycles. The summed E-state index contributed by atoms with van der Waals surface area (Å²) in [6.45, 7) is 0.672. The summed E-state index contributed by atoms with van der Waals surface area (Å²) in [4.78, 5) is 6.03. The first-order chi connectivity index (χ1) is 10.9. The van der Waals surface area contributed by atoms with Crippen LogP contribution in [0, 0.1) is 5.92 Å². The van der Waals surface area contributed by atoms with Crippen molar-refractivity contribution < 1.29 is 17.9 Å². The van der Waals surface area contributed by atoms with E-state index in [1.54, 1.807) is 11.0 Å². The second-order valence-electron chi connectivity index (χ2n) is 6.48. The number of pyridine rings is 1. The highest BCUT2D eigenvalue weighted by Crippen LogP contribution is 2.29. The molecule has 1 aromatic rings. The van der Waals surface area contributed by atoms with Gasteiger partial charge in [-0.2, -0.15) is 0 Å². The zero-order valence-corrected chi connectivity index (χ0v) is 13.7. The van der Waals surface area contributed by atoms with Crippen molar-refractivity contribution in [3.63, 3.8) is 0 Å². The lowest BCUT2D eigenvalue weighted by atomic mass is 9.96. The van der Waals surface area contributed by atoms with Gasteiger partial charge in [-0.3, -0.25) is 0 Å². The molecular weight excluding hydrogens is 321 g/mol. The summed E-state index contributed by atoms with van der Waals surface area (Å²) >= 11 is 0. The van der Waals surface area contributed by atoms with Crippen LogP contribution in [0.2, 0.25) is 0 Å². The molecule has 3 rings (SSSR count). The minimum absolute atomic E-state index is 0.0720. The monoisotopic (exact) mass is 343 g/mol. The minimum Gasteiger partial charge on any atom is -0.393 e. The average molecular weight is 343 g/mol. The summed E-state index contributed by atoms with van der Waals surface area (Å²) in [5, 5.41) is 9.17. The van der Waals surface area contributed by atoms with Crippen LogP contribution in [0.3, 0.4) is 0 Å². The number of aliphatic hydroxyl groups excluding tert-OH is 1. The van der Waals surface area contributed by atoms with Crippen LogP contribution in [0.4, 0.5) is 10.2 Å². The van der Waals surface area contributed by atoms with Gasteiger partial charge in [0.15, 0.2) is 5.67 Å². The Balaban J connectivity index is 1.68. The number of aromatic nitrogens is 1. The van der Waals surface area contributed by atoms with Crippen LogP contribution < -0.4 is 9.62 Å². The van der Waals surface area contributed by atoms with Crippen LogP contribution in [-0.4, -0.2) is 50.4 Å². The zero-order valence-electron chi connectivity index (χ0n) is 12.9. The third kappa shape index (κ3) is 3.99. The van der Waals surface area contributed by atoms with Crippen LogP contribution in [0.1, 0.15) is 25.7 Å². The van der Waals surface area contributed by atoms with Crippen molar-refractivity contribution in [2.75, 3.05) is 31.1 Å². The van der Waals surface area contributed by atoms with Crippen molar-refractivity contribution in [3.05, 3.63) is 18.3 Å². The zero-order chi connectivity index (χ0) is 16.5. The van der Waals surface area contributed by atoms with Gasteiger partial charge in [0.05, 0.1) is 13.2 Å². The quantitative estimate of drug-likeness (QED) is 0.807. The lowest BCUT2D eigenvalue weighted by Crippen LogP contribution is -2.47. The van der Waals surface area contributed by atoms with E-state index in [1.807, 2.05) is 0 Å². The lowest BCUT2D eigenvalue weighted by molar-refractivity contribution is 0.0566. The number of nitrogens with one attached hydrogen (secondary N) is 1. The molecule has 1 unspecified atom stereocenters. The van der Waals surface area contributed by atoms with Gasteiger partial charge in [0.1, 0.15) is 10.7 Å². The van der Waals surface area contributed by atoms with Crippen LogP contribution >= 0.6 is 0 Å². The van der Waals surface area contributed by atoms with E-state index in [-0.39, 0.29) is 11.4 Å². The Labute approximate surface area is 135 Å². The van der Waals surface area contributed by atoms with E-state index in [0.29, 0.717) is 37.7 Å². The number of piperidine rings is 1. The van der Waals surface area contributed by atoms with Crippen molar-refractivity contribution >= 4 is 15.8 Å². The van der Waals surface area contributed by atoms with Gasteiger partial charge in [0.2, 0.25) is 10.0 Å². The lowest BCUT2D eigenvalue weighted by Gasteiger charge is -2.36. The summed E-state index contributed by atoms with van der Waals surface area (Å²) in [5.74, 6) is 0.989. The third-order valence-electron chi connectivity index (χ3n) is 4.42. The Morgan fingerprint density at radius 1 is 1.43 bits per heavy atom. The van der Waals surface area contributed by atoms with Gasteiger partial charge in [-0.05, 0) is 43.7 Å². The molecule has 1 aliphatic heterocycles. The van der Waals surface area contributed by atoms with Crippen LogP contribution in [0.15, 0.2) is 23.2 Å². The van der Waals surface area contributed by atoms with E-state index in [0.717, 1.165) is 12.8 Å². The molecule has 0 radical (unpaired) electrons. The molecule has 0 spiro atoms. The number of hydrogen-bond acceptors (Lipinski definition) is 5. The molecule has 2 fully saturated rings. The van der Waals surface area contributed by atoms with E-state index in [2.05, 4.69) is 9.71 Å². The first-order valence-electron chi connectivity index (χ1n) is 7.92.